The van der Waals surface area contributed by atoms with Crippen LogP contribution < -0.4 is 9.80 Å². The van der Waals surface area contributed by atoms with E-state index in [4.69, 9.17) is 4.52 Å². The van der Waals surface area contributed by atoms with Crippen molar-refractivity contribution in [2.75, 3.05) is 31.1 Å². The van der Waals surface area contributed by atoms with Crippen LogP contribution in [-0.4, -0.2) is 41.3 Å². The maximum atomic E-state index is 5.46. The first-order valence-electron chi connectivity index (χ1n) is 7.73. The van der Waals surface area contributed by atoms with Crippen LogP contribution in [0.2, 0.25) is 0 Å². The lowest BCUT2D eigenvalue weighted by Gasteiger charge is -2.31. The van der Waals surface area contributed by atoms with Crippen LogP contribution in [0.5, 0.6) is 0 Å². The Morgan fingerprint density at radius 1 is 1.17 bits per heavy atom. The van der Waals surface area contributed by atoms with E-state index in [2.05, 4.69) is 32.2 Å². The largest absolute Gasteiger partial charge is 0.355 e. The van der Waals surface area contributed by atoms with Gasteiger partial charge in [-0.15, -0.1) is 11.3 Å². The highest BCUT2D eigenvalue weighted by Crippen LogP contribution is 2.24. The van der Waals surface area contributed by atoms with E-state index in [-0.39, 0.29) is 0 Å². The van der Waals surface area contributed by atoms with Gasteiger partial charge in [-0.25, -0.2) is 9.97 Å². The molecule has 3 aromatic heterocycles. The summed E-state index contributed by atoms with van der Waals surface area (Å²) in [6, 6.07) is 7.99. The van der Waals surface area contributed by atoms with Gasteiger partial charge in [-0.3, -0.25) is 0 Å². The lowest BCUT2D eigenvalue weighted by Crippen LogP contribution is -3.13. The molecule has 1 fully saturated rings. The van der Waals surface area contributed by atoms with Crippen molar-refractivity contribution in [3.05, 3.63) is 47.7 Å². The zero-order chi connectivity index (χ0) is 15.5. The lowest BCUT2D eigenvalue weighted by molar-refractivity contribution is -0.914. The van der Waals surface area contributed by atoms with E-state index in [1.165, 1.54) is 4.90 Å². The molecule has 1 aliphatic rings. The molecule has 23 heavy (non-hydrogen) atoms. The Kier molecular flexibility index (Phi) is 4.04. The predicted molar refractivity (Wildman–Crippen MR) is 88.5 cm³/mol. The first-order valence-corrected chi connectivity index (χ1v) is 8.61. The second-order valence-corrected chi connectivity index (χ2v) is 6.57. The number of hydrogen-bond donors (Lipinski definition) is 1. The monoisotopic (exact) mass is 328 g/mol. The molecule has 3 aromatic rings. The number of aromatic nitrogens is 3. The van der Waals surface area contributed by atoms with E-state index in [1.54, 1.807) is 23.7 Å². The zero-order valence-electron chi connectivity index (χ0n) is 12.7. The number of quaternary nitrogens is 1. The SMILES string of the molecule is c1cnc(N2CC[NH+](Cc3cc(-c4cccs4)on3)CC2)nc1. The summed E-state index contributed by atoms with van der Waals surface area (Å²) in [5, 5.41) is 6.27. The van der Waals surface area contributed by atoms with E-state index in [1.807, 2.05) is 17.5 Å². The van der Waals surface area contributed by atoms with Gasteiger partial charge < -0.3 is 14.3 Å². The molecule has 0 aromatic carbocycles. The first kappa shape index (κ1) is 14.3. The predicted octanol–water partition coefficient (Wildman–Crippen LogP) is 1.10. The van der Waals surface area contributed by atoms with Crippen molar-refractivity contribution < 1.29 is 9.42 Å². The molecule has 1 aliphatic heterocycles. The van der Waals surface area contributed by atoms with Gasteiger partial charge in [0.05, 0.1) is 31.1 Å². The minimum Gasteiger partial charge on any atom is -0.355 e. The van der Waals surface area contributed by atoms with E-state index in [0.717, 1.165) is 55.0 Å². The van der Waals surface area contributed by atoms with Crippen molar-refractivity contribution in [1.29, 1.82) is 0 Å². The summed E-state index contributed by atoms with van der Waals surface area (Å²) in [5.74, 6) is 1.69. The molecule has 7 heteroatoms. The molecule has 0 unspecified atom stereocenters. The van der Waals surface area contributed by atoms with Crippen LogP contribution in [0, 0.1) is 0 Å². The van der Waals surface area contributed by atoms with Crippen molar-refractivity contribution in [3.8, 4) is 10.6 Å². The Morgan fingerprint density at radius 2 is 2.00 bits per heavy atom. The Balaban J connectivity index is 1.35. The van der Waals surface area contributed by atoms with Crippen molar-refractivity contribution in [2.24, 2.45) is 0 Å². The first-order chi connectivity index (χ1) is 11.4. The third-order valence-electron chi connectivity index (χ3n) is 4.06. The van der Waals surface area contributed by atoms with Crippen LogP contribution in [0.1, 0.15) is 5.69 Å². The van der Waals surface area contributed by atoms with Crippen molar-refractivity contribution in [1.82, 2.24) is 15.1 Å². The average molecular weight is 328 g/mol. The molecule has 6 nitrogen and oxygen atoms in total. The summed E-state index contributed by atoms with van der Waals surface area (Å²) in [7, 11) is 0. The Labute approximate surface area is 138 Å². The van der Waals surface area contributed by atoms with Gasteiger partial charge in [0.25, 0.3) is 0 Å². The smallest absolute Gasteiger partial charge is 0.225 e. The fourth-order valence-electron chi connectivity index (χ4n) is 2.84. The normalized spacial score (nSPS) is 15.9. The number of piperazine rings is 1. The van der Waals surface area contributed by atoms with E-state index >= 15 is 0 Å². The molecular weight excluding hydrogens is 310 g/mol. The van der Waals surface area contributed by atoms with E-state index < -0.39 is 0 Å². The Hall–Kier alpha value is -2.25. The molecule has 4 rings (SSSR count). The van der Waals surface area contributed by atoms with Crippen molar-refractivity contribution in [3.63, 3.8) is 0 Å². The van der Waals surface area contributed by atoms with E-state index in [0.29, 0.717) is 0 Å². The van der Waals surface area contributed by atoms with Gasteiger partial charge in [-0.05, 0) is 17.5 Å². The fraction of sp³-hybridized carbons (Fsp3) is 0.312. The molecule has 4 heterocycles. The molecule has 1 saturated heterocycles. The second-order valence-electron chi connectivity index (χ2n) is 5.62. The summed E-state index contributed by atoms with van der Waals surface area (Å²) in [4.78, 5) is 13.5. The molecule has 0 atom stereocenters. The highest BCUT2D eigenvalue weighted by Gasteiger charge is 2.23. The summed E-state index contributed by atoms with van der Waals surface area (Å²) in [5.41, 5.74) is 1.02. The average Bonchev–Trinajstić information content (AvgIpc) is 3.28. The van der Waals surface area contributed by atoms with Gasteiger partial charge in [0.15, 0.2) is 5.76 Å². The maximum absolute atomic E-state index is 5.46. The summed E-state index contributed by atoms with van der Waals surface area (Å²) < 4.78 is 5.46. The van der Waals surface area contributed by atoms with Crippen LogP contribution in [0.4, 0.5) is 5.95 Å². The van der Waals surface area contributed by atoms with Gasteiger partial charge in [0, 0.05) is 18.5 Å². The van der Waals surface area contributed by atoms with E-state index in [9.17, 15) is 0 Å². The molecule has 0 saturated carbocycles. The quantitative estimate of drug-likeness (QED) is 0.777. The Bertz CT molecular complexity index is 735. The summed E-state index contributed by atoms with van der Waals surface area (Å²) >= 11 is 1.67. The van der Waals surface area contributed by atoms with Crippen molar-refractivity contribution >= 4 is 17.3 Å². The minimum absolute atomic E-state index is 0.827. The van der Waals surface area contributed by atoms with Crippen LogP contribution in [-0.2, 0) is 6.54 Å². The molecule has 0 aliphatic carbocycles. The molecule has 118 valence electrons. The minimum atomic E-state index is 0.827. The number of anilines is 1. The topological polar surface area (TPSA) is 59.5 Å². The van der Waals surface area contributed by atoms with Gasteiger partial charge in [0.2, 0.25) is 5.95 Å². The Morgan fingerprint density at radius 3 is 2.74 bits per heavy atom. The molecular formula is C16H18N5OS+. The maximum Gasteiger partial charge on any atom is 0.225 e. The van der Waals surface area contributed by atoms with Crippen LogP contribution in [0.25, 0.3) is 10.6 Å². The molecule has 0 spiro atoms. The highest BCUT2D eigenvalue weighted by atomic mass is 32.1. The number of nitrogens with one attached hydrogen (secondary N) is 1. The van der Waals surface area contributed by atoms with Gasteiger partial charge in [0.1, 0.15) is 12.2 Å². The van der Waals surface area contributed by atoms with Gasteiger partial charge in [-0.1, -0.05) is 11.2 Å². The van der Waals surface area contributed by atoms with Crippen LogP contribution >= 0.6 is 11.3 Å². The molecule has 0 radical (unpaired) electrons. The van der Waals surface area contributed by atoms with Gasteiger partial charge in [-0.2, -0.15) is 0 Å². The highest BCUT2D eigenvalue weighted by molar-refractivity contribution is 7.13. The summed E-state index contributed by atoms with van der Waals surface area (Å²) in [6.07, 6.45) is 3.59. The van der Waals surface area contributed by atoms with Crippen LogP contribution in [0.3, 0.4) is 0 Å². The molecule has 0 amide bonds. The third kappa shape index (κ3) is 3.25. The number of hydrogen-bond acceptors (Lipinski definition) is 6. The number of rotatable bonds is 4. The second kappa shape index (κ2) is 6.47. The summed E-state index contributed by atoms with van der Waals surface area (Å²) in [6.45, 7) is 4.95. The lowest BCUT2D eigenvalue weighted by atomic mass is 10.2. The van der Waals surface area contributed by atoms with Gasteiger partial charge >= 0.3 is 0 Å². The molecule has 1 N–H and O–H groups in total. The molecule has 0 bridgehead atoms. The fourth-order valence-corrected chi connectivity index (χ4v) is 3.51. The number of nitrogens with zero attached hydrogens (tertiary/aromatic N) is 4. The third-order valence-corrected chi connectivity index (χ3v) is 4.94. The zero-order valence-corrected chi connectivity index (χ0v) is 13.5. The standard InChI is InChI=1S/C16H17N5OS/c1-3-15(23-10-1)14-11-13(19-22-14)12-20-6-8-21(9-7-20)16-17-4-2-5-18-16/h1-5,10-11H,6-9,12H2/p+1. The number of thiophene rings is 1. The van der Waals surface area contributed by atoms with Crippen LogP contribution in [0.15, 0.2) is 46.6 Å². The van der Waals surface area contributed by atoms with Crippen molar-refractivity contribution in [2.45, 2.75) is 6.54 Å².